The Kier molecular flexibility index (Phi) is 4.43. The Morgan fingerprint density at radius 3 is 2.71 bits per heavy atom. The summed E-state index contributed by atoms with van der Waals surface area (Å²) in [5.41, 5.74) is 0. The van der Waals surface area contributed by atoms with Gasteiger partial charge in [-0.25, -0.2) is 0 Å². The van der Waals surface area contributed by atoms with E-state index in [0.717, 1.165) is 19.5 Å². The molecule has 0 aromatic rings. The van der Waals surface area contributed by atoms with Crippen LogP contribution in [0.15, 0.2) is 0 Å². The SMILES string of the molecule is CC1CCCCC1N(C)C(=O)CC1CCNC1. The predicted octanol–water partition coefficient (Wildman–Crippen LogP) is 2.02. The second-order valence-electron chi connectivity index (χ2n) is 5.90. The summed E-state index contributed by atoms with van der Waals surface area (Å²) in [5, 5.41) is 3.33. The van der Waals surface area contributed by atoms with E-state index in [0.29, 0.717) is 23.8 Å². The standard InChI is InChI=1S/C14H26N2O/c1-11-5-3-4-6-13(11)16(2)14(17)9-12-7-8-15-10-12/h11-13,15H,3-10H2,1-2H3. The van der Waals surface area contributed by atoms with Gasteiger partial charge in [-0.3, -0.25) is 4.79 Å². The van der Waals surface area contributed by atoms with Crippen LogP contribution in [0.3, 0.4) is 0 Å². The highest BCUT2D eigenvalue weighted by atomic mass is 16.2. The van der Waals surface area contributed by atoms with Gasteiger partial charge in [0.1, 0.15) is 0 Å². The summed E-state index contributed by atoms with van der Waals surface area (Å²) in [6.45, 7) is 4.41. The lowest BCUT2D eigenvalue weighted by Crippen LogP contribution is -2.43. The van der Waals surface area contributed by atoms with Crippen LogP contribution in [0.4, 0.5) is 0 Å². The van der Waals surface area contributed by atoms with E-state index in [4.69, 9.17) is 0 Å². The van der Waals surface area contributed by atoms with E-state index in [1.807, 2.05) is 11.9 Å². The number of nitrogens with zero attached hydrogens (tertiary/aromatic N) is 1. The second kappa shape index (κ2) is 5.85. The molecule has 3 nitrogen and oxygen atoms in total. The quantitative estimate of drug-likeness (QED) is 0.816. The lowest BCUT2D eigenvalue weighted by atomic mass is 9.85. The van der Waals surface area contributed by atoms with Gasteiger partial charge in [0.25, 0.3) is 0 Å². The molecule has 2 rings (SSSR count). The monoisotopic (exact) mass is 238 g/mol. The molecule has 1 aliphatic heterocycles. The fraction of sp³-hybridized carbons (Fsp3) is 0.929. The Labute approximate surface area is 105 Å². The normalized spacial score (nSPS) is 33.6. The van der Waals surface area contributed by atoms with E-state index in [1.54, 1.807) is 0 Å². The smallest absolute Gasteiger partial charge is 0.222 e. The van der Waals surface area contributed by atoms with Crippen molar-refractivity contribution in [1.82, 2.24) is 10.2 Å². The maximum Gasteiger partial charge on any atom is 0.222 e. The van der Waals surface area contributed by atoms with Crippen LogP contribution in [0.25, 0.3) is 0 Å². The lowest BCUT2D eigenvalue weighted by Gasteiger charge is -2.36. The number of carbonyl (C=O) groups excluding carboxylic acids is 1. The van der Waals surface area contributed by atoms with E-state index in [2.05, 4.69) is 12.2 Å². The average Bonchev–Trinajstić information content (AvgIpc) is 2.81. The topological polar surface area (TPSA) is 32.3 Å². The molecule has 1 heterocycles. The van der Waals surface area contributed by atoms with Crippen molar-refractivity contribution in [2.75, 3.05) is 20.1 Å². The van der Waals surface area contributed by atoms with E-state index in [9.17, 15) is 4.79 Å². The molecule has 0 bridgehead atoms. The van der Waals surface area contributed by atoms with Crippen molar-refractivity contribution in [1.29, 1.82) is 0 Å². The third kappa shape index (κ3) is 3.21. The Morgan fingerprint density at radius 2 is 2.06 bits per heavy atom. The average molecular weight is 238 g/mol. The van der Waals surface area contributed by atoms with E-state index < -0.39 is 0 Å². The highest BCUT2D eigenvalue weighted by Gasteiger charge is 2.29. The minimum Gasteiger partial charge on any atom is -0.343 e. The zero-order valence-electron chi connectivity index (χ0n) is 11.2. The maximum absolute atomic E-state index is 12.2. The van der Waals surface area contributed by atoms with E-state index >= 15 is 0 Å². The third-order valence-electron chi connectivity index (χ3n) is 4.58. The highest BCUT2D eigenvalue weighted by Crippen LogP contribution is 2.28. The molecule has 0 aromatic carbocycles. The van der Waals surface area contributed by atoms with Crippen LogP contribution in [-0.2, 0) is 4.79 Å². The minimum absolute atomic E-state index is 0.359. The van der Waals surface area contributed by atoms with Crippen LogP contribution in [0, 0.1) is 11.8 Å². The van der Waals surface area contributed by atoms with Gasteiger partial charge in [0.05, 0.1) is 0 Å². The summed E-state index contributed by atoms with van der Waals surface area (Å²) in [6, 6.07) is 0.491. The Hall–Kier alpha value is -0.570. The van der Waals surface area contributed by atoms with Crippen LogP contribution in [-0.4, -0.2) is 37.0 Å². The first-order valence-corrected chi connectivity index (χ1v) is 7.15. The highest BCUT2D eigenvalue weighted by molar-refractivity contribution is 5.76. The predicted molar refractivity (Wildman–Crippen MR) is 69.8 cm³/mol. The molecule has 2 aliphatic rings. The van der Waals surface area contributed by atoms with Crippen LogP contribution in [0.2, 0.25) is 0 Å². The van der Waals surface area contributed by atoms with Crippen molar-refractivity contribution < 1.29 is 4.79 Å². The fourth-order valence-electron chi connectivity index (χ4n) is 3.34. The van der Waals surface area contributed by atoms with Crippen molar-refractivity contribution in [3.63, 3.8) is 0 Å². The molecule has 0 radical (unpaired) electrons. The van der Waals surface area contributed by atoms with Gasteiger partial charge in [-0.2, -0.15) is 0 Å². The van der Waals surface area contributed by atoms with Crippen LogP contribution >= 0.6 is 0 Å². The summed E-state index contributed by atoms with van der Waals surface area (Å²) in [4.78, 5) is 14.3. The molecule has 1 aliphatic carbocycles. The molecular formula is C14H26N2O. The number of hydrogen-bond acceptors (Lipinski definition) is 2. The third-order valence-corrected chi connectivity index (χ3v) is 4.58. The van der Waals surface area contributed by atoms with E-state index in [1.165, 1.54) is 32.1 Å². The maximum atomic E-state index is 12.2. The first-order chi connectivity index (χ1) is 8.18. The largest absolute Gasteiger partial charge is 0.343 e. The van der Waals surface area contributed by atoms with Crippen molar-refractivity contribution in [3.8, 4) is 0 Å². The molecule has 1 saturated carbocycles. The summed E-state index contributed by atoms with van der Waals surface area (Å²) in [5.74, 6) is 1.61. The molecular weight excluding hydrogens is 212 g/mol. The number of nitrogens with one attached hydrogen (secondary N) is 1. The molecule has 98 valence electrons. The molecule has 2 fully saturated rings. The molecule has 3 heteroatoms. The fourth-order valence-corrected chi connectivity index (χ4v) is 3.34. The molecule has 3 atom stereocenters. The molecule has 0 aromatic heterocycles. The van der Waals surface area contributed by atoms with Gasteiger partial charge >= 0.3 is 0 Å². The van der Waals surface area contributed by atoms with Crippen molar-refractivity contribution in [3.05, 3.63) is 0 Å². The number of hydrogen-bond donors (Lipinski definition) is 1. The number of amides is 1. The van der Waals surface area contributed by atoms with Gasteiger partial charge in [-0.1, -0.05) is 19.8 Å². The van der Waals surface area contributed by atoms with Crippen LogP contribution < -0.4 is 5.32 Å². The summed E-state index contributed by atoms with van der Waals surface area (Å²) < 4.78 is 0. The van der Waals surface area contributed by atoms with Gasteiger partial charge < -0.3 is 10.2 Å². The van der Waals surface area contributed by atoms with Gasteiger partial charge in [-0.05, 0) is 44.2 Å². The first-order valence-electron chi connectivity index (χ1n) is 7.15. The number of carbonyl (C=O) groups is 1. The van der Waals surface area contributed by atoms with Crippen molar-refractivity contribution in [2.45, 2.75) is 51.5 Å². The Bertz CT molecular complexity index is 261. The van der Waals surface area contributed by atoms with Gasteiger partial charge in [-0.15, -0.1) is 0 Å². The van der Waals surface area contributed by atoms with Crippen LogP contribution in [0.1, 0.15) is 45.4 Å². The Balaban J connectivity index is 1.84. The molecule has 1 N–H and O–H groups in total. The van der Waals surface area contributed by atoms with Gasteiger partial charge in [0.15, 0.2) is 0 Å². The summed E-state index contributed by atoms with van der Waals surface area (Å²) in [7, 11) is 2.01. The van der Waals surface area contributed by atoms with Crippen molar-refractivity contribution in [2.24, 2.45) is 11.8 Å². The lowest BCUT2D eigenvalue weighted by molar-refractivity contribution is -0.134. The van der Waals surface area contributed by atoms with E-state index in [-0.39, 0.29) is 0 Å². The molecule has 17 heavy (non-hydrogen) atoms. The molecule has 1 amide bonds. The first kappa shape index (κ1) is 12.9. The molecule has 0 spiro atoms. The van der Waals surface area contributed by atoms with Gasteiger partial charge in [0, 0.05) is 19.5 Å². The van der Waals surface area contributed by atoms with Crippen molar-refractivity contribution >= 4 is 5.91 Å². The van der Waals surface area contributed by atoms with Crippen LogP contribution in [0.5, 0.6) is 0 Å². The minimum atomic E-state index is 0.359. The summed E-state index contributed by atoms with van der Waals surface area (Å²) >= 11 is 0. The zero-order chi connectivity index (χ0) is 12.3. The molecule has 3 unspecified atom stereocenters. The second-order valence-corrected chi connectivity index (χ2v) is 5.90. The number of rotatable bonds is 3. The van der Waals surface area contributed by atoms with Gasteiger partial charge in [0.2, 0.25) is 5.91 Å². The molecule has 1 saturated heterocycles. The zero-order valence-corrected chi connectivity index (χ0v) is 11.2. The summed E-state index contributed by atoms with van der Waals surface area (Å²) in [6.07, 6.45) is 7.02. The Morgan fingerprint density at radius 1 is 1.29 bits per heavy atom.